The predicted octanol–water partition coefficient (Wildman–Crippen LogP) is 1.41. The lowest BCUT2D eigenvalue weighted by atomic mass is 10.4. The minimum Gasteiger partial charge on any atom is -0.481 e. The second-order valence-corrected chi connectivity index (χ2v) is 1.68. The Morgan fingerprint density at radius 3 is 2.57 bits per heavy atom. The Labute approximate surface area is 55.4 Å². The van der Waals surface area contributed by atoms with Gasteiger partial charge in [0.15, 0.2) is 0 Å². The van der Waals surface area contributed by atoms with Crippen molar-refractivity contribution < 1.29 is 9.90 Å². The molecule has 7 heavy (non-hydrogen) atoms. The Bertz CT molecular complexity index is 87.7. The van der Waals surface area contributed by atoms with Gasteiger partial charge in [-0.1, -0.05) is 28.7 Å². The molecule has 0 aliphatic rings. The third kappa shape index (κ3) is 5.94. The van der Waals surface area contributed by atoms with Gasteiger partial charge in [0.2, 0.25) is 0 Å². The molecule has 0 aromatic rings. The van der Waals surface area contributed by atoms with Crippen LogP contribution in [-0.4, -0.2) is 11.1 Å². The van der Waals surface area contributed by atoms with Gasteiger partial charge in [0.25, 0.3) is 0 Å². The van der Waals surface area contributed by atoms with Gasteiger partial charge in [0.05, 0.1) is 6.42 Å². The maximum Gasteiger partial charge on any atom is 0.307 e. The van der Waals surface area contributed by atoms with Crippen LogP contribution in [0, 0.1) is 0 Å². The van der Waals surface area contributed by atoms with Gasteiger partial charge in [-0.3, -0.25) is 4.79 Å². The Morgan fingerprint density at radius 1 is 1.86 bits per heavy atom. The van der Waals surface area contributed by atoms with Gasteiger partial charge in [-0.05, 0) is 4.08 Å². The first-order valence-corrected chi connectivity index (χ1v) is 2.99. The predicted molar refractivity (Wildman–Crippen MR) is 35.4 cm³/mol. The van der Waals surface area contributed by atoms with Gasteiger partial charge in [-0.15, -0.1) is 0 Å². The van der Waals surface area contributed by atoms with Crippen LogP contribution in [0.1, 0.15) is 6.42 Å². The van der Waals surface area contributed by atoms with Crippen molar-refractivity contribution in [3.05, 3.63) is 10.2 Å². The minimum absolute atomic E-state index is 0.128. The van der Waals surface area contributed by atoms with Crippen LogP contribution >= 0.6 is 22.6 Å². The molecule has 0 amide bonds. The lowest BCUT2D eigenvalue weighted by Gasteiger charge is -1.76. The number of halogens is 1. The van der Waals surface area contributed by atoms with Crippen molar-refractivity contribution in [1.82, 2.24) is 0 Å². The van der Waals surface area contributed by atoms with Gasteiger partial charge in [-0.25, -0.2) is 0 Å². The highest BCUT2D eigenvalue weighted by Crippen LogP contribution is 1.87. The zero-order valence-corrected chi connectivity index (χ0v) is 5.75. The molecule has 0 bridgehead atoms. The Balaban J connectivity index is 3.14. The van der Waals surface area contributed by atoms with Gasteiger partial charge in [0.1, 0.15) is 0 Å². The van der Waals surface area contributed by atoms with Crippen molar-refractivity contribution >= 4 is 28.6 Å². The summed E-state index contributed by atoms with van der Waals surface area (Å²) in [6.07, 6.45) is 1.71. The van der Waals surface area contributed by atoms with Crippen molar-refractivity contribution in [1.29, 1.82) is 0 Å². The number of carboxylic acids is 1. The maximum absolute atomic E-state index is 9.70. The highest BCUT2D eigenvalue weighted by molar-refractivity contribution is 14.1. The summed E-state index contributed by atoms with van der Waals surface area (Å²) >= 11 is 1.98. The van der Waals surface area contributed by atoms with Crippen LogP contribution < -0.4 is 0 Å². The topological polar surface area (TPSA) is 37.3 Å². The van der Waals surface area contributed by atoms with Crippen molar-refractivity contribution in [3.8, 4) is 0 Å². The second kappa shape index (κ2) is 4.11. The summed E-state index contributed by atoms with van der Waals surface area (Å²) in [7, 11) is 0. The van der Waals surface area contributed by atoms with Crippen LogP contribution in [0.5, 0.6) is 0 Å². The molecule has 0 fully saturated rings. The molecule has 40 valence electrons. The Hall–Kier alpha value is -0.0600. The molecule has 0 aliphatic heterocycles. The lowest BCUT2D eigenvalue weighted by molar-refractivity contribution is -0.135. The summed E-state index contributed by atoms with van der Waals surface area (Å²) in [6.45, 7) is 0. The molecule has 0 aromatic heterocycles. The molecule has 2 nitrogen and oxygen atoms in total. The molecule has 0 rings (SSSR count). The number of carboxylic acid groups (broad SMARTS) is 1. The van der Waals surface area contributed by atoms with E-state index in [1.54, 1.807) is 10.2 Å². The van der Waals surface area contributed by atoms with E-state index in [9.17, 15) is 4.79 Å². The molecule has 0 spiro atoms. The summed E-state index contributed by atoms with van der Waals surface area (Å²) in [5.74, 6) is -0.784. The highest BCUT2D eigenvalue weighted by atomic mass is 127. The number of hydrogen-bond acceptors (Lipinski definition) is 1. The van der Waals surface area contributed by atoms with Crippen molar-refractivity contribution in [3.63, 3.8) is 0 Å². The van der Waals surface area contributed by atoms with E-state index in [0.29, 0.717) is 0 Å². The highest BCUT2D eigenvalue weighted by Gasteiger charge is 1.85. The third-order valence-corrected chi connectivity index (χ3v) is 0.890. The van der Waals surface area contributed by atoms with Gasteiger partial charge in [0, 0.05) is 0 Å². The summed E-state index contributed by atoms with van der Waals surface area (Å²) in [6, 6.07) is 0. The fourth-order valence-corrected chi connectivity index (χ4v) is 0.400. The van der Waals surface area contributed by atoms with Crippen molar-refractivity contribution in [2.75, 3.05) is 0 Å². The largest absolute Gasteiger partial charge is 0.481 e. The summed E-state index contributed by atoms with van der Waals surface area (Å²) in [5, 5.41) is 7.99. The van der Waals surface area contributed by atoms with Crippen LogP contribution in [0.3, 0.4) is 0 Å². The van der Waals surface area contributed by atoms with E-state index >= 15 is 0 Å². The third-order valence-electron chi connectivity index (χ3n) is 0.382. The van der Waals surface area contributed by atoms with E-state index in [1.807, 2.05) is 22.6 Å². The number of hydrogen-bond donors (Lipinski definition) is 1. The van der Waals surface area contributed by atoms with Gasteiger partial charge in [-0.2, -0.15) is 0 Å². The zero-order valence-electron chi connectivity index (χ0n) is 3.60. The zero-order chi connectivity index (χ0) is 5.70. The van der Waals surface area contributed by atoms with E-state index in [-0.39, 0.29) is 6.42 Å². The first-order valence-electron chi connectivity index (χ1n) is 1.74. The number of rotatable bonds is 2. The summed E-state index contributed by atoms with van der Waals surface area (Å²) < 4.78 is 1.69. The monoisotopic (exact) mass is 212 g/mol. The van der Waals surface area contributed by atoms with Crippen LogP contribution in [0.4, 0.5) is 0 Å². The molecule has 1 N–H and O–H groups in total. The SMILES string of the molecule is O=C(O)C/C=C/I. The molecule has 3 heteroatoms. The normalized spacial score (nSPS) is 9.86. The van der Waals surface area contributed by atoms with Crippen molar-refractivity contribution in [2.45, 2.75) is 6.42 Å². The minimum atomic E-state index is -0.784. The van der Waals surface area contributed by atoms with Gasteiger partial charge < -0.3 is 5.11 Å². The number of aliphatic carboxylic acids is 1. The molecular weight excluding hydrogens is 207 g/mol. The summed E-state index contributed by atoms with van der Waals surface area (Å²) in [5.41, 5.74) is 0. The van der Waals surface area contributed by atoms with Gasteiger partial charge >= 0.3 is 5.97 Å². The first-order chi connectivity index (χ1) is 3.27. The van der Waals surface area contributed by atoms with E-state index in [1.165, 1.54) is 0 Å². The van der Waals surface area contributed by atoms with Crippen LogP contribution in [0.15, 0.2) is 10.2 Å². The molecule has 0 saturated carbocycles. The Morgan fingerprint density at radius 2 is 2.43 bits per heavy atom. The van der Waals surface area contributed by atoms with E-state index in [4.69, 9.17) is 5.11 Å². The van der Waals surface area contributed by atoms with Crippen LogP contribution in [-0.2, 0) is 4.79 Å². The second-order valence-electron chi connectivity index (χ2n) is 0.960. The molecule has 0 heterocycles. The fraction of sp³-hybridized carbons (Fsp3) is 0.250. The number of carbonyl (C=O) groups is 1. The molecule has 0 saturated heterocycles. The molecule has 0 aromatic carbocycles. The molecule has 0 unspecified atom stereocenters. The summed E-state index contributed by atoms with van der Waals surface area (Å²) in [4.78, 5) is 9.70. The van der Waals surface area contributed by atoms with E-state index < -0.39 is 5.97 Å². The maximum atomic E-state index is 9.70. The fourth-order valence-electron chi connectivity index (χ4n) is 0.145. The lowest BCUT2D eigenvalue weighted by Crippen LogP contribution is -1.88. The molecule has 0 atom stereocenters. The standard InChI is InChI=1S/C4H5IO2/c5-3-1-2-4(6)7/h1,3H,2H2,(H,6,7)/b3-1+. The molecular formula is C4H5IO2. The van der Waals surface area contributed by atoms with Crippen LogP contribution in [0.2, 0.25) is 0 Å². The molecule has 0 radical (unpaired) electrons. The van der Waals surface area contributed by atoms with Crippen molar-refractivity contribution in [2.24, 2.45) is 0 Å². The Kier molecular flexibility index (Phi) is 4.07. The average molecular weight is 212 g/mol. The van der Waals surface area contributed by atoms with E-state index in [2.05, 4.69) is 0 Å². The average Bonchev–Trinajstić information content (AvgIpc) is 1.61. The van der Waals surface area contributed by atoms with Crippen LogP contribution in [0.25, 0.3) is 0 Å². The smallest absolute Gasteiger partial charge is 0.307 e. The molecule has 0 aliphatic carbocycles. The van der Waals surface area contributed by atoms with E-state index in [0.717, 1.165) is 0 Å². The quantitative estimate of drug-likeness (QED) is 0.702. The first kappa shape index (κ1) is 6.94.